The lowest BCUT2D eigenvalue weighted by Crippen LogP contribution is -2.43. The lowest BCUT2D eigenvalue weighted by atomic mass is 9.98. The number of carbonyl (C=O) groups is 2. The van der Waals surface area contributed by atoms with Crippen LogP contribution >= 0.6 is 0 Å². The van der Waals surface area contributed by atoms with Crippen LogP contribution in [0.15, 0.2) is 72.8 Å². The quantitative estimate of drug-likeness (QED) is 0.305. The minimum Gasteiger partial charge on any atom is -0.448 e. The predicted molar refractivity (Wildman–Crippen MR) is 162 cm³/mol. The number of hydrogen-bond acceptors (Lipinski definition) is 4. The van der Waals surface area contributed by atoms with Crippen molar-refractivity contribution < 1.29 is 18.8 Å². The zero-order valence-corrected chi connectivity index (χ0v) is 25.2. The molecule has 5 rings (SSSR count). The number of nitrogens with zero attached hydrogens (tertiary/aromatic N) is 1. The van der Waals surface area contributed by atoms with Gasteiger partial charge in [-0.05, 0) is 70.9 Å². The van der Waals surface area contributed by atoms with Gasteiger partial charge in [-0.1, -0.05) is 81.4 Å². The van der Waals surface area contributed by atoms with E-state index in [1.807, 2.05) is 48.5 Å². The van der Waals surface area contributed by atoms with Gasteiger partial charge in [-0.25, -0.2) is 4.79 Å². The molecule has 6 nitrogen and oxygen atoms in total. The lowest BCUT2D eigenvalue weighted by Gasteiger charge is -2.36. The van der Waals surface area contributed by atoms with Crippen LogP contribution in [0.5, 0.6) is 0 Å². The molecule has 210 valence electrons. The first-order chi connectivity index (χ1) is 19.0. The van der Waals surface area contributed by atoms with Gasteiger partial charge in [-0.2, -0.15) is 0 Å². The molecule has 1 fully saturated rings. The summed E-state index contributed by atoms with van der Waals surface area (Å²) in [6, 6.07) is 23.8. The molecular formula is C33H40N2O4Si. The summed E-state index contributed by atoms with van der Waals surface area (Å²) in [5.41, 5.74) is 6.51. The van der Waals surface area contributed by atoms with Gasteiger partial charge in [0, 0.05) is 18.2 Å². The number of anilines is 1. The minimum atomic E-state index is -1.83. The maximum Gasteiger partial charge on any atom is 0.410 e. The molecule has 1 aliphatic carbocycles. The van der Waals surface area contributed by atoms with Crippen LogP contribution in [-0.4, -0.2) is 44.4 Å². The van der Waals surface area contributed by atoms with Crippen molar-refractivity contribution in [1.82, 2.24) is 4.90 Å². The molecule has 0 bridgehead atoms. The van der Waals surface area contributed by atoms with E-state index in [0.29, 0.717) is 25.3 Å². The Bertz CT molecular complexity index is 1330. The average molecular weight is 557 g/mol. The van der Waals surface area contributed by atoms with Crippen molar-refractivity contribution >= 4 is 26.0 Å². The molecule has 3 aromatic rings. The van der Waals surface area contributed by atoms with Gasteiger partial charge >= 0.3 is 6.09 Å². The summed E-state index contributed by atoms with van der Waals surface area (Å²) in [7, 11) is -1.83. The van der Waals surface area contributed by atoms with Crippen molar-refractivity contribution in [2.45, 2.75) is 70.3 Å². The zero-order chi connectivity index (χ0) is 28.5. The number of carbonyl (C=O) groups excluding carboxylic acids is 2. The summed E-state index contributed by atoms with van der Waals surface area (Å²) in [6.45, 7) is 12.5. The molecule has 0 unspecified atom stereocenters. The SMILES string of the molecule is CC(C)(C)[Si](C)(C)OCc1ccc(NC(=O)[C@@H]2CCCN2C(=O)OCC2c3ccccc3-c3ccccc32)cc1. The predicted octanol–water partition coefficient (Wildman–Crippen LogP) is 7.56. The molecule has 1 atom stereocenters. The van der Waals surface area contributed by atoms with Crippen LogP contribution in [0, 0.1) is 0 Å². The van der Waals surface area contributed by atoms with Gasteiger partial charge in [-0.3, -0.25) is 9.69 Å². The minimum absolute atomic E-state index is 0.00892. The Balaban J connectivity index is 1.18. The van der Waals surface area contributed by atoms with E-state index in [-0.39, 0.29) is 23.5 Å². The molecule has 0 radical (unpaired) electrons. The van der Waals surface area contributed by atoms with Gasteiger partial charge in [0.15, 0.2) is 8.32 Å². The molecule has 0 saturated carbocycles. The molecular weight excluding hydrogens is 516 g/mol. The number of hydrogen-bond donors (Lipinski definition) is 1. The second kappa shape index (κ2) is 11.2. The first kappa shape index (κ1) is 28.1. The topological polar surface area (TPSA) is 67.9 Å². The van der Waals surface area contributed by atoms with E-state index in [2.05, 4.69) is 63.4 Å². The summed E-state index contributed by atoms with van der Waals surface area (Å²) < 4.78 is 12.2. The highest BCUT2D eigenvalue weighted by atomic mass is 28.4. The Hall–Kier alpha value is -3.42. The third kappa shape index (κ3) is 5.72. The van der Waals surface area contributed by atoms with Gasteiger partial charge < -0.3 is 14.5 Å². The van der Waals surface area contributed by atoms with E-state index in [0.717, 1.165) is 12.0 Å². The van der Waals surface area contributed by atoms with Crippen LogP contribution in [0.2, 0.25) is 18.1 Å². The third-order valence-electron chi connectivity index (χ3n) is 8.75. The Kier molecular flexibility index (Phi) is 7.89. The Morgan fingerprint density at radius 1 is 0.925 bits per heavy atom. The highest BCUT2D eigenvalue weighted by Crippen LogP contribution is 2.44. The van der Waals surface area contributed by atoms with E-state index in [4.69, 9.17) is 9.16 Å². The molecule has 2 aliphatic rings. The third-order valence-corrected chi connectivity index (χ3v) is 13.2. The largest absolute Gasteiger partial charge is 0.448 e. The first-order valence-electron chi connectivity index (χ1n) is 14.2. The van der Waals surface area contributed by atoms with E-state index in [1.54, 1.807) is 4.90 Å². The van der Waals surface area contributed by atoms with Crippen molar-refractivity contribution in [2.75, 3.05) is 18.5 Å². The van der Waals surface area contributed by atoms with Crippen molar-refractivity contribution in [2.24, 2.45) is 0 Å². The second-order valence-electron chi connectivity index (χ2n) is 12.4. The molecule has 3 aromatic carbocycles. The highest BCUT2D eigenvalue weighted by Gasteiger charge is 2.38. The maximum absolute atomic E-state index is 13.2. The fraction of sp³-hybridized carbons (Fsp3) is 0.394. The molecule has 1 aliphatic heterocycles. The number of likely N-dealkylation sites (tertiary alicyclic amines) is 1. The molecule has 1 N–H and O–H groups in total. The van der Waals surface area contributed by atoms with Gasteiger partial charge in [0.2, 0.25) is 5.91 Å². The number of rotatable bonds is 7. The van der Waals surface area contributed by atoms with Gasteiger partial charge in [0.1, 0.15) is 12.6 Å². The molecule has 40 heavy (non-hydrogen) atoms. The molecule has 1 saturated heterocycles. The fourth-order valence-corrected chi connectivity index (χ4v) is 6.29. The summed E-state index contributed by atoms with van der Waals surface area (Å²) in [4.78, 5) is 27.9. The number of nitrogens with one attached hydrogen (secondary N) is 1. The van der Waals surface area contributed by atoms with Crippen LogP contribution in [-0.2, 0) is 20.6 Å². The second-order valence-corrected chi connectivity index (χ2v) is 17.2. The van der Waals surface area contributed by atoms with E-state index in [1.165, 1.54) is 22.3 Å². The molecule has 2 amide bonds. The molecule has 0 aromatic heterocycles. The van der Waals surface area contributed by atoms with E-state index in [9.17, 15) is 9.59 Å². The van der Waals surface area contributed by atoms with E-state index < -0.39 is 20.5 Å². The monoisotopic (exact) mass is 556 g/mol. The van der Waals surface area contributed by atoms with Crippen LogP contribution in [0.3, 0.4) is 0 Å². The van der Waals surface area contributed by atoms with Crippen molar-refractivity contribution in [3.8, 4) is 11.1 Å². The highest BCUT2D eigenvalue weighted by molar-refractivity contribution is 6.74. The Morgan fingerprint density at radius 3 is 2.12 bits per heavy atom. The van der Waals surface area contributed by atoms with Gasteiger partial charge in [-0.15, -0.1) is 0 Å². The van der Waals surface area contributed by atoms with Crippen LogP contribution in [0.1, 0.15) is 56.2 Å². The zero-order valence-electron chi connectivity index (χ0n) is 24.2. The fourth-order valence-electron chi connectivity index (χ4n) is 5.32. The molecule has 1 heterocycles. The molecule has 7 heteroatoms. The maximum atomic E-state index is 13.2. The van der Waals surface area contributed by atoms with Crippen molar-refractivity contribution in [1.29, 1.82) is 0 Å². The number of benzene rings is 3. The standard InChI is InChI=1S/C33H40N2O4Si/c1-33(2,3)40(4,5)39-21-23-16-18-24(19-17-23)34-31(36)30-15-10-20-35(30)32(37)38-22-29-27-13-8-6-11-25(27)26-12-7-9-14-28(26)29/h6-9,11-14,16-19,29-30H,10,15,20-22H2,1-5H3,(H,34,36)/t30-/m0/s1. The van der Waals surface area contributed by atoms with Crippen molar-refractivity contribution in [3.05, 3.63) is 89.5 Å². The summed E-state index contributed by atoms with van der Waals surface area (Å²) in [6.07, 6.45) is 0.957. The van der Waals surface area contributed by atoms with Crippen LogP contribution in [0.25, 0.3) is 11.1 Å². The average Bonchev–Trinajstić information content (AvgIpc) is 3.54. The lowest BCUT2D eigenvalue weighted by molar-refractivity contribution is -0.120. The summed E-state index contributed by atoms with van der Waals surface area (Å²) >= 11 is 0. The number of amides is 2. The smallest absolute Gasteiger partial charge is 0.410 e. The number of ether oxygens (including phenoxy) is 1. The summed E-state index contributed by atoms with van der Waals surface area (Å²) in [5, 5.41) is 3.15. The Labute approximate surface area is 238 Å². The van der Waals surface area contributed by atoms with Crippen LogP contribution < -0.4 is 5.32 Å². The van der Waals surface area contributed by atoms with Crippen molar-refractivity contribution in [3.63, 3.8) is 0 Å². The van der Waals surface area contributed by atoms with Crippen LogP contribution in [0.4, 0.5) is 10.5 Å². The Morgan fingerprint density at radius 2 is 1.52 bits per heavy atom. The first-order valence-corrected chi connectivity index (χ1v) is 17.1. The molecule has 0 spiro atoms. The normalized spacial score (nSPS) is 16.9. The van der Waals surface area contributed by atoms with E-state index >= 15 is 0 Å². The van der Waals surface area contributed by atoms with Gasteiger partial charge in [0.05, 0.1) is 6.61 Å². The summed E-state index contributed by atoms with van der Waals surface area (Å²) in [5.74, 6) is -0.193. The van der Waals surface area contributed by atoms with Gasteiger partial charge in [0.25, 0.3) is 0 Å². The number of fused-ring (bicyclic) bond motifs is 3.